The highest BCUT2D eigenvalue weighted by Gasteiger charge is 2.29. The number of rotatable bonds is 2. The summed E-state index contributed by atoms with van der Waals surface area (Å²) in [5.74, 6) is 1.73. The monoisotopic (exact) mass is 294 g/mol. The van der Waals surface area contributed by atoms with E-state index in [4.69, 9.17) is 5.73 Å². The summed E-state index contributed by atoms with van der Waals surface area (Å²) in [6, 6.07) is 0.377. The first-order valence-corrected chi connectivity index (χ1v) is 8.89. The summed E-state index contributed by atoms with van der Waals surface area (Å²) in [5, 5.41) is 0. The van der Waals surface area contributed by atoms with E-state index < -0.39 is 0 Å². The topological polar surface area (TPSA) is 46.3 Å². The molecule has 0 spiro atoms. The lowest BCUT2D eigenvalue weighted by Crippen LogP contribution is -2.35. The molecule has 2 N–H and O–H groups in total. The molecule has 0 radical (unpaired) electrons. The van der Waals surface area contributed by atoms with Crippen LogP contribution in [0.25, 0.3) is 0 Å². The lowest BCUT2D eigenvalue weighted by molar-refractivity contribution is -0.132. The summed E-state index contributed by atoms with van der Waals surface area (Å²) in [7, 11) is 0. The molecule has 0 aromatic carbocycles. The van der Waals surface area contributed by atoms with Crippen LogP contribution in [0.3, 0.4) is 0 Å². The summed E-state index contributed by atoms with van der Waals surface area (Å²) >= 11 is 0. The van der Waals surface area contributed by atoms with Crippen molar-refractivity contribution >= 4 is 5.91 Å². The number of amides is 1. The summed E-state index contributed by atoms with van der Waals surface area (Å²) < 4.78 is 0. The third kappa shape index (κ3) is 4.98. The smallest absolute Gasteiger partial charge is 0.222 e. The van der Waals surface area contributed by atoms with Crippen molar-refractivity contribution in [3.8, 4) is 0 Å². The Bertz CT molecular complexity index is 340. The fourth-order valence-electron chi connectivity index (χ4n) is 3.98. The van der Waals surface area contributed by atoms with Crippen molar-refractivity contribution in [1.82, 2.24) is 4.90 Å². The fourth-order valence-corrected chi connectivity index (χ4v) is 3.98. The number of likely N-dealkylation sites (tertiary alicyclic amines) is 1. The highest BCUT2D eigenvalue weighted by atomic mass is 16.2. The first-order chi connectivity index (χ1) is 9.86. The van der Waals surface area contributed by atoms with Crippen LogP contribution in [0.2, 0.25) is 0 Å². The number of nitrogens with two attached hydrogens (primary N) is 1. The summed E-state index contributed by atoms with van der Waals surface area (Å²) in [4.78, 5) is 14.7. The van der Waals surface area contributed by atoms with Gasteiger partial charge in [0.05, 0.1) is 0 Å². The van der Waals surface area contributed by atoms with Gasteiger partial charge in [-0.3, -0.25) is 4.79 Å². The standard InChI is InChI=1S/C18H34N2O/c1-18(2,3)15-5-4-11-20(12-10-15)17(21)13-14-6-8-16(19)9-7-14/h14-16H,4-13,19H2,1-3H3. The highest BCUT2D eigenvalue weighted by Crippen LogP contribution is 2.34. The fraction of sp³-hybridized carbons (Fsp3) is 0.944. The maximum absolute atomic E-state index is 12.6. The third-order valence-electron chi connectivity index (χ3n) is 5.66. The Kier molecular flexibility index (Phi) is 5.70. The molecule has 1 saturated heterocycles. The zero-order valence-corrected chi connectivity index (χ0v) is 14.2. The van der Waals surface area contributed by atoms with Gasteiger partial charge in [-0.05, 0) is 62.2 Å². The van der Waals surface area contributed by atoms with Crippen LogP contribution in [-0.2, 0) is 4.79 Å². The molecule has 2 rings (SSSR count). The molecule has 0 aromatic rings. The van der Waals surface area contributed by atoms with Crippen LogP contribution in [-0.4, -0.2) is 29.9 Å². The van der Waals surface area contributed by atoms with Gasteiger partial charge in [0, 0.05) is 25.6 Å². The molecule has 2 fully saturated rings. The second-order valence-electron chi connectivity index (χ2n) is 8.36. The van der Waals surface area contributed by atoms with Crippen LogP contribution in [0.5, 0.6) is 0 Å². The van der Waals surface area contributed by atoms with Crippen molar-refractivity contribution < 1.29 is 4.79 Å². The zero-order valence-electron chi connectivity index (χ0n) is 14.2. The zero-order chi connectivity index (χ0) is 15.5. The Labute approximate surface area is 130 Å². The predicted octanol–water partition coefficient (Wildman–Crippen LogP) is 3.57. The maximum atomic E-state index is 12.6. The molecule has 122 valence electrons. The number of nitrogens with zero attached hydrogens (tertiary/aromatic N) is 1. The average molecular weight is 294 g/mol. The van der Waals surface area contributed by atoms with E-state index in [9.17, 15) is 4.79 Å². The maximum Gasteiger partial charge on any atom is 0.222 e. The number of carbonyl (C=O) groups excluding carboxylic acids is 1. The van der Waals surface area contributed by atoms with E-state index in [0.717, 1.165) is 51.1 Å². The van der Waals surface area contributed by atoms with Crippen molar-refractivity contribution in [2.45, 2.75) is 78.2 Å². The third-order valence-corrected chi connectivity index (χ3v) is 5.66. The molecular weight excluding hydrogens is 260 g/mol. The molecule has 1 saturated carbocycles. The van der Waals surface area contributed by atoms with Gasteiger partial charge in [-0.15, -0.1) is 0 Å². The van der Waals surface area contributed by atoms with E-state index >= 15 is 0 Å². The molecule has 0 bridgehead atoms. The van der Waals surface area contributed by atoms with Gasteiger partial charge in [0.15, 0.2) is 0 Å². The second kappa shape index (κ2) is 7.13. The van der Waals surface area contributed by atoms with E-state index in [1.807, 2.05) is 0 Å². The van der Waals surface area contributed by atoms with E-state index in [2.05, 4.69) is 25.7 Å². The summed E-state index contributed by atoms with van der Waals surface area (Å²) in [6.45, 7) is 8.94. The van der Waals surface area contributed by atoms with E-state index in [1.54, 1.807) is 0 Å². The lowest BCUT2D eigenvalue weighted by Gasteiger charge is -2.30. The highest BCUT2D eigenvalue weighted by molar-refractivity contribution is 5.76. The van der Waals surface area contributed by atoms with E-state index in [0.29, 0.717) is 23.3 Å². The van der Waals surface area contributed by atoms with Gasteiger partial charge >= 0.3 is 0 Å². The number of carbonyl (C=O) groups is 1. The molecule has 1 aliphatic heterocycles. The molecule has 1 heterocycles. The van der Waals surface area contributed by atoms with E-state index in [-0.39, 0.29) is 0 Å². The van der Waals surface area contributed by atoms with Crippen LogP contribution in [0.4, 0.5) is 0 Å². The SMILES string of the molecule is CC(C)(C)C1CCCN(C(=O)CC2CCC(N)CC2)CC1. The molecular formula is C18H34N2O. The quantitative estimate of drug-likeness (QED) is 0.846. The van der Waals surface area contributed by atoms with Gasteiger partial charge in [0.2, 0.25) is 5.91 Å². The molecule has 1 amide bonds. The molecule has 21 heavy (non-hydrogen) atoms. The van der Waals surface area contributed by atoms with E-state index in [1.165, 1.54) is 19.3 Å². The van der Waals surface area contributed by atoms with Gasteiger partial charge in [0.1, 0.15) is 0 Å². The van der Waals surface area contributed by atoms with Gasteiger partial charge in [-0.1, -0.05) is 20.8 Å². The average Bonchev–Trinajstić information content (AvgIpc) is 2.67. The Hall–Kier alpha value is -0.570. The minimum Gasteiger partial charge on any atom is -0.343 e. The second-order valence-corrected chi connectivity index (χ2v) is 8.36. The van der Waals surface area contributed by atoms with Crippen LogP contribution in [0.1, 0.15) is 72.1 Å². The first-order valence-electron chi connectivity index (χ1n) is 8.89. The molecule has 1 atom stereocenters. The van der Waals surface area contributed by atoms with Crippen LogP contribution >= 0.6 is 0 Å². The van der Waals surface area contributed by atoms with Crippen molar-refractivity contribution in [3.63, 3.8) is 0 Å². The summed E-state index contributed by atoms with van der Waals surface area (Å²) in [6.07, 6.45) is 8.86. The van der Waals surface area contributed by atoms with Gasteiger partial charge in [-0.25, -0.2) is 0 Å². The van der Waals surface area contributed by atoms with Crippen LogP contribution in [0, 0.1) is 17.3 Å². The largest absolute Gasteiger partial charge is 0.343 e. The lowest BCUT2D eigenvalue weighted by atomic mass is 9.77. The minimum absolute atomic E-state index is 0.374. The Morgan fingerprint density at radius 1 is 1.05 bits per heavy atom. The molecule has 0 aromatic heterocycles. The van der Waals surface area contributed by atoms with Crippen molar-refractivity contribution in [1.29, 1.82) is 0 Å². The van der Waals surface area contributed by atoms with Gasteiger partial charge < -0.3 is 10.6 Å². The molecule has 1 aliphatic carbocycles. The Morgan fingerprint density at radius 2 is 1.71 bits per heavy atom. The molecule has 3 heteroatoms. The first kappa shape index (κ1) is 16.8. The molecule has 1 unspecified atom stereocenters. The minimum atomic E-state index is 0.374. The van der Waals surface area contributed by atoms with Crippen LogP contribution in [0.15, 0.2) is 0 Å². The Morgan fingerprint density at radius 3 is 2.33 bits per heavy atom. The predicted molar refractivity (Wildman–Crippen MR) is 87.9 cm³/mol. The number of hydrogen-bond acceptors (Lipinski definition) is 2. The Balaban J connectivity index is 1.80. The number of hydrogen-bond donors (Lipinski definition) is 1. The normalized spacial score (nSPS) is 31.8. The molecule has 3 nitrogen and oxygen atoms in total. The van der Waals surface area contributed by atoms with Gasteiger partial charge in [-0.2, -0.15) is 0 Å². The van der Waals surface area contributed by atoms with Crippen LogP contribution < -0.4 is 5.73 Å². The van der Waals surface area contributed by atoms with Gasteiger partial charge in [0.25, 0.3) is 0 Å². The van der Waals surface area contributed by atoms with Crippen molar-refractivity contribution in [3.05, 3.63) is 0 Å². The summed E-state index contributed by atoms with van der Waals surface area (Å²) in [5.41, 5.74) is 6.33. The van der Waals surface area contributed by atoms with Crippen molar-refractivity contribution in [2.24, 2.45) is 23.0 Å². The molecule has 2 aliphatic rings. The van der Waals surface area contributed by atoms with Crippen molar-refractivity contribution in [2.75, 3.05) is 13.1 Å².